The molecule has 116 valence electrons. The van der Waals surface area contributed by atoms with Crippen LogP contribution in [-0.2, 0) is 11.2 Å². The smallest absolute Gasteiger partial charge is 0.226 e. The van der Waals surface area contributed by atoms with Crippen molar-refractivity contribution in [2.45, 2.75) is 19.8 Å². The molecule has 0 aliphatic rings. The third kappa shape index (κ3) is 4.39. The fourth-order valence-corrected chi connectivity index (χ4v) is 2.23. The summed E-state index contributed by atoms with van der Waals surface area (Å²) >= 11 is 0. The molecule has 1 aromatic carbocycles. The van der Waals surface area contributed by atoms with E-state index in [0.29, 0.717) is 6.42 Å². The number of benzene rings is 1. The molecule has 0 bridgehead atoms. The lowest BCUT2D eigenvalue weighted by Gasteiger charge is -2.10. The van der Waals surface area contributed by atoms with Gasteiger partial charge in [-0.05, 0) is 30.0 Å². The molecule has 0 radical (unpaired) electrons. The highest BCUT2D eigenvalue weighted by Crippen LogP contribution is 2.14. The number of amides is 1. The maximum absolute atomic E-state index is 13.1. The second-order valence-corrected chi connectivity index (χ2v) is 5.22. The normalized spacial score (nSPS) is 11.3. The van der Waals surface area contributed by atoms with Crippen LogP contribution in [0.4, 0.5) is 10.3 Å². The number of carbonyl (C=O) groups is 1. The fraction of sp³-hybridized carbons (Fsp3) is 0.250. The lowest BCUT2D eigenvalue weighted by Crippen LogP contribution is -2.17. The number of halogens is 1. The Bertz CT molecular complexity index is 768. The van der Waals surface area contributed by atoms with Crippen molar-refractivity contribution in [3.05, 3.63) is 47.0 Å². The number of hydrogen-bond donors (Lipinski definition) is 2. The number of nitrogens with one attached hydrogen (secondary N) is 2. The second kappa shape index (κ2) is 7.19. The van der Waals surface area contributed by atoms with E-state index in [2.05, 4.69) is 15.3 Å². The van der Waals surface area contributed by atoms with E-state index in [-0.39, 0.29) is 41.4 Å². The fourth-order valence-electron chi connectivity index (χ4n) is 2.23. The van der Waals surface area contributed by atoms with Gasteiger partial charge in [0.15, 0.2) is 11.4 Å². The Balaban J connectivity index is 1.93. The lowest BCUT2D eigenvalue weighted by molar-refractivity contribution is -0.117. The molecule has 2 aromatic rings. The average Bonchev–Trinajstić information content (AvgIpc) is 2.88. The SMILES string of the molecule is CC(CC(=O)Nc1nc(C#N)c(C#N)[nH]1)Cc1cccc(F)c1. The number of imidazole rings is 1. The molecule has 2 N–H and O–H groups in total. The Morgan fingerprint density at radius 1 is 1.43 bits per heavy atom. The van der Waals surface area contributed by atoms with Crippen LogP contribution in [0, 0.1) is 34.4 Å². The van der Waals surface area contributed by atoms with Crippen molar-refractivity contribution in [2.75, 3.05) is 5.32 Å². The first kappa shape index (κ1) is 16.2. The average molecular weight is 311 g/mol. The predicted molar refractivity (Wildman–Crippen MR) is 80.5 cm³/mol. The van der Waals surface area contributed by atoms with Crippen molar-refractivity contribution < 1.29 is 9.18 Å². The number of hydrogen-bond acceptors (Lipinski definition) is 4. The van der Waals surface area contributed by atoms with Gasteiger partial charge in [0.05, 0.1) is 0 Å². The first-order valence-electron chi connectivity index (χ1n) is 6.96. The molecule has 1 unspecified atom stereocenters. The highest BCUT2D eigenvalue weighted by molar-refractivity contribution is 5.89. The zero-order valence-corrected chi connectivity index (χ0v) is 12.4. The van der Waals surface area contributed by atoms with Gasteiger partial charge in [0.1, 0.15) is 18.0 Å². The van der Waals surface area contributed by atoms with Crippen LogP contribution in [0.25, 0.3) is 0 Å². The van der Waals surface area contributed by atoms with E-state index in [1.807, 2.05) is 13.0 Å². The van der Waals surface area contributed by atoms with E-state index in [9.17, 15) is 9.18 Å². The lowest BCUT2D eigenvalue weighted by atomic mass is 9.98. The summed E-state index contributed by atoms with van der Waals surface area (Å²) in [4.78, 5) is 18.4. The summed E-state index contributed by atoms with van der Waals surface area (Å²) in [6.45, 7) is 1.88. The quantitative estimate of drug-likeness (QED) is 0.884. The van der Waals surface area contributed by atoms with E-state index in [1.54, 1.807) is 18.2 Å². The molecule has 0 saturated heterocycles. The minimum Gasteiger partial charge on any atom is -0.314 e. The minimum atomic E-state index is -0.303. The Morgan fingerprint density at radius 2 is 2.22 bits per heavy atom. The van der Waals surface area contributed by atoms with Crippen molar-refractivity contribution >= 4 is 11.9 Å². The molecule has 0 spiro atoms. The summed E-state index contributed by atoms with van der Waals surface area (Å²) in [5.41, 5.74) is 0.771. The van der Waals surface area contributed by atoms with Gasteiger partial charge in [-0.3, -0.25) is 10.1 Å². The molecule has 0 saturated carbocycles. The first-order valence-corrected chi connectivity index (χ1v) is 6.96. The van der Waals surface area contributed by atoms with Crippen LogP contribution in [0.1, 0.15) is 30.3 Å². The maximum atomic E-state index is 13.1. The van der Waals surface area contributed by atoms with Crippen LogP contribution in [0.5, 0.6) is 0 Å². The van der Waals surface area contributed by atoms with Gasteiger partial charge in [-0.15, -0.1) is 0 Å². The summed E-state index contributed by atoms with van der Waals surface area (Å²) in [5.74, 6) is -0.530. The number of aromatic nitrogens is 2. The van der Waals surface area contributed by atoms with Crippen LogP contribution in [0.2, 0.25) is 0 Å². The van der Waals surface area contributed by atoms with Gasteiger partial charge in [0.2, 0.25) is 11.9 Å². The van der Waals surface area contributed by atoms with Gasteiger partial charge in [0, 0.05) is 6.42 Å². The third-order valence-corrected chi connectivity index (χ3v) is 3.19. The van der Waals surface area contributed by atoms with E-state index in [0.717, 1.165) is 5.56 Å². The van der Waals surface area contributed by atoms with Crippen molar-refractivity contribution in [3.63, 3.8) is 0 Å². The van der Waals surface area contributed by atoms with Crippen LogP contribution < -0.4 is 5.32 Å². The first-order chi connectivity index (χ1) is 11.0. The van der Waals surface area contributed by atoms with Crippen LogP contribution in [0.3, 0.4) is 0 Å². The standard InChI is InChI=1S/C16H14FN5O/c1-10(5-11-3-2-4-12(17)7-11)6-15(23)22-16-20-13(8-18)14(9-19)21-16/h2-4,7,10H,5-6H2,1H3,(H2,20,21,22,23). The van der Waals surface area contributed by atoms with E-state index in [1.165, 1.54) is 12.1 Å². The highest BCUT2D eigenvalue weighted by atomic mass is 19.1. The van der Waals surface area contributed by atoms with E-state index < -0.39 is 0 Å². The Kier molecular flexibility index (Phi) is 5.06. The maximum Gasteiger partial charge on any atom is 0.226 e. The summed E-state index contributed by atoms with van der Waals surface area (Å²) in [6, 6.07) is 9.81. The number of rotatable bonds is 5. The minimum absolute atomic E-state index is 0.00219. The molecule has 1 aromatic heterocycles. The summed E-state index contributed by atoms with van der Waals surface area (Å²) in [5, 5.41) is 20.1. The summed E-state index contributed by atoms with van der Waals surface area (Å²) < 4.78 is 13.1. The molecule has 23 heavy (non-hydrogen) atoms. The van der Waals surface area contributed by atoms with Crippen LogP contribution >= 0.6 is 0 Å². The number of carbonyl (C=O) groups excluding carboxylic acids is 1. The Morgan fingerprint density at radius 3 is 2.83 bits per heavy atom. The zero-order chi connectivity index (χ0) is 16.8. The van der Waals surface area contributed by atoms with Crippen molar-refractivity contribution in [1.29, 1.82) is 10.5 Å². The molecule has 6 nitrogen and oxygen atoms in total. The summed E-state index contributed by atoms with van der Waals surface area (Å²) in [7, 11) is 0. The molecule has 0 fully saturated rings. The Labute approximate surface area is 132 Å². The van der Waals surface area contributed by atoms with Gasteiger partial charge in [-0.2, -0.15) is 10.5 Å². The number of anilines is 1. The van der Waals surface area contributed by atoms with Gasteiger partial charge in [0.25, 0.3) is 0 Å². The molecular weight excluding hydrogens is 297 g/mol. The van der Waals surface area contributed by atoms with Gasteiger partial charge in [-0.25, -0.2) is 9.37 Å². The second-order valence-electron chi connectivity index (χ2n) is 5.22. The van der Waals surface area contributed by atoms with E-state index in [4.69, 9.17) is 10.5 Å². The topological polar surface area (TPSA) is 105 Å². The number of H-pyrrole nitrogens is 1. The number of nitriles is 2. The largest absolute Gasteiger partial charge is 0.314 e. The molecule has 0 aliphatic heterocycles. The zero-order valence-electron chi connectivity index (χ0n) is 12.4. The summed E-state index contributed by atoms with van der Waals surface area (Å²) in [6.07, 6.45) is 0.775. The highest BCUT2D eigenvalue weighted by Gasteiger charge is 2.14. The predicted octanol–water partition coefficient (Wildman–Crippen LogP) is 2.50. The van der Waals surface area contributed by atoms with Crippen molar-refractivity contribution in [1.82, 2.24) is 9.97 Å². The molecule has 1 amide bonds. The monoisotopic (exact) mass is 311 g/mol. The molecular formula is C16H14FN5O. The molecule has 1 heterocycles. The molecule has 1 atom stereocenters. The van der Waals surface area contributed by atoms with Gasteiger partial charge >= 0.3 is 0 Å². The van der Waals surface area contributed by atoms with Crippen molar-refractivity contribution in [2.24, 2.45) is 5.92 Å². The number of nitrogens with zero attached hydrogens (tertiary/aromatic N) is 3. The van der Waals surface area contributed by atoms with Gasteiger partial charge in [-0.1, -0.05) is 19.1 Å². The molecule has 2 rings (SSSR count). The van der Waals surface area contributed by atoms with Crippen LogP contribution in [0.15, 0.2) is 24.3 Å². The molecule has 7 heteroatoms. The Hall–Kier alpha value is -3.19. The van der Waals surface area contributed by atoms with Gasteiger partial charge < -0.3 is 4.98 Å². The number of aromatic amines is 1. The van der Waals surface area contributed by atoms with Crippen molar-refractivity contribution in [3.8, 4) is 12.1 Å². The van der Waals surface area contributed by atoms with Crippen LogP contribution in [-0.4, -0.2) is 15.9 Å². The molecule has 0 aliphatic carbocycles. The third-order valence-electron chi connectivity index (χ3n) is 3.19. The van der Waals surface area contributed by atoms with E-state index >= 15 is 0 Å².